The Bertz CT molecular complexity index is 916. The highest BCUT2D eigenvalue weighted by atomic mass is 16.2. The number of aromatic nitrogens is 3. The number of amides is 2. The van der Waals surface area contributed by atoms with Gasteiger partial charge in [-0.3, -0.25) is 0 Å². The van der Waals surface area contributed by atoms with E-state index in [4.69, 9.17) is 5.73 Å². The fraction of sp³-hybridized carbons (Fsp3) is 0.316. The first-order valence-corrected chi connectivity index (χ1v) is 9.17. The van der Waals surface area contributed by atoms with Crippen molar-refractivity contribution in [1.29, 1.82) is 0 Å². The van der Waals surface area contributed by atoms with Gasteiger partial charge in [-0.15, -0.1) is 5.10 Å². The predicted molar refractivity (Wildman–Crippen MR) is 106 cm³/mol. The molecule has 0 aliphatic heterocycles. The Labute approximate surface area is 157 Å². The second-order valence-corrected chi connectivity index (χ2v) is 6.84. The fourth-order valence-electron chi connectivity index (χ4n) is 3.36. The van der Waals surface area contributed by atoms with Gasteiger partial charge in [-0.25, -0.2) is 14.3 Å². The molecular weight excluding hydrogens is 342 g/mol. The summed E-state index contributed by atoms with van der Waals surface area (Å²) >= 11 is 0. The maximum Gasteiger partial charge on any atom is 0.323 e. The molecule has 0 unspecified atom stereocenters. The number of urea groups is 1. The van der Waals surface area contributed by atoms with Crippen LogP contribution in [0.4, 0.5) is 22.0 Å². The number of carbonyl (C=O) groups excluding carboxylic acids is 1. The Balaban J connectivity index is 1.51. The Morgan fingerprint density at radius 3 is 2.67 bits per heavy atom. The van der Waals surface area contributed by atoms with E-state index in [0.717, 1.165) is 31.4 Å². The smallest absolute Gasteiger partial charge is 0.323 e. The van der Waals surface area contributed by atoms with Crippen LogP contribution in [0.25, 0.3) is 5.65 Å². The number of anilines is 3. The van der Waals surface area contributed by atoms with Crippen molar-refractivity contribution in [1.82, 2.24) is 14.6 Å². The number of carbonyl (C=O) groups is 1. The number of nitrogens with zero attached hydrogens (tertiary/aromatic N) is 3. The second kappa shape index (κ2) is 7.63. The van der Waals surface area contributed by atoms with E-state index in [1.807, 2.05) is 36.4 Å². The van der Waals surface area contributed by atoms with Crippen LogP contribution < -0.4 is 21.7 Å². The summed E-state index contributed by atoms with van der Waals surface area (Å²) in [6.07, 6.45) is 7.47. The van der Waals surface area contributed by atoms with Gasteiger partial charge in [0.25, 0.3) is 0 Å². The molecule has 0 atom stereocenters. The van der Waals surface area contributed by atoms with E-state index in [0.29, 0.717) is 29.2 Å². The molecule has 0 saturated heterocycles. The van der Waals surface area contributed by atoms with E-state index in [9.17, 15) is 4.79 Å². The standard InChI is InChI=1S/C19H23N7O/c20-13-6-8-15(9-7-13)22-17-12-16(18-21-10-11-26(18)25-17)24-19(27)23-14-4-2-1-3-5-14/h1-5,10-13,15H,6-9,20H2,(H,22,25)(H2,23,24,27). The van der Waals surface area contributed by atoms with Gasteiger partial charge in [0.05, 0.1) is 5.69 Å². The summed E-state index contributed by atoms with van der Waals surface area (Å²) in [5.41, 5.74) is 7.89. The zero-order chi connectivity index (χ0) is 18.6. The van der Waals surface area contributed by atoms with Crippen LogP contribution in [-0.4, -0.2) is 32.7 Å². The topological polar surface area (TPSA) is 109 Å². The lowest BCUT2D eigenvalue weighted by Gasteiger charge is -2.27. The third kappa shape index (κ3) is 4.17. The summed E-state index contributed by atoms with van der Waals surface area (Å²) in [4.78, 5) is 16.7. The number of nitrogens with one attached hydrogen (secondary N) is 3. The number of imidazole rings is 1. The van der Waals surface area contributed by atoms with E-state index in [1.54, 1.807) is 16.9 Å². The Morgan fingerprint density at radius 2 is 1.89 bits per heavy atom. The summed E-state index contributed by atoms with van der Waals surface area (Å²) < 4.78 is 1.66. The first-order chi connectivity index (χ1) is 13.2. The van der Waals surface area contributed by atoms with Crippen LogP contribution in [0, 0.1) is 0 Å². The monoisotopic (exact) mass is 365 g/mol. The maximum absolute atomic E-state index is 12.4. The van der Waals surface area contributed by atoms with Gasteiger partial charge < -0.3 is 21.7 Å². The zero-order valence-corrected chi connectivity index (χ0v) is 14.9. The predicted octanol–water partition coefficient (Wildman–Crippen LogP) is 3.06. The van der Waals surface area contributed by atoms with Gasteiger partial charge in [0, 0.05) is 36.2 Å². The van der Waals surface area contributed by atoms with Crippen LogP contribution in [0.15, 0.2) is 48.8 Å². The summed E-state index contributed by atoms with van der Waals surface area (Å²) in [6.45, 7) is 0. The lowest BCUT2D eigenvalue weighted by Crippen LogP contribution is -2.33. The number of para-hydroxylation sites is 1. The van der Waals surface area contributed by atoms with Crippen molar-refractivity contribution >= 4 is 28.9 Å². The van der Waals surface area contributed by atoms with Gasteiger partial charge in [-0.1, -0.05) is 18.2 Å². The highest BCUT2D eigenvalue weighted by molar-refractivity contribution is 6.02. The molecule has 27 heavy (non-hydrogen) atoms. The van der Waals surface area contributed by atoms with Crippen molar-refractivity contribution in [3.05, 3.63) is 48.8 Å². The molecule has 3 aromatic rings. The number of hydrogen-bond donors (Lipinski definition) is 4. The molecule has 1 aromatic carbocycles. The van der Waals surface area contributed by atoms with Crippen molar-refractivity contribution in [2.75, 3.05) is 16.0 Å². The molecule has 0 bridgehead atoms. The minimum Gasteiger partial charge on any atom is -0.366 e. The van der Waals surface area contributed by atoms with Crippen molar-refractivity contribution < 1.29 is 4.79 Å². The number of hydrogen-bond acceptors (Lipinski definition) is 5. The van der Waals surface area contributed by atoms with E-state index in [2.05, 4.69) is 26.0 Å². The van der Waals surface area contributed by atoms with Crippen LogP contribution in [0.2, 0.25) is 0 Å². The fourth-order valence-corrected chi connectivity index (χ4v) is 3.36. The molecule has 4 rings (SSSR count). The van der Waals surface area contributed by atoms with Crippen LogP contribution in [0.1, 0.15) is 25.7 Å². The third-order valence-corrected chi connectivity index (χ3v) is 4.76. The highest BCUT2D eigenvalue weighted by Gasteiger charge is 2.19. The van der Waals surface area contributed by atoms with Gasteiger partial charge in [0.2, 0.25) is 0 Å². The largest absolute Gasteiger partial charge is 0.366 e. The van der Waals surface area contributed by atoms with E-state index in [1.165, 1.54) is 0 Å². The average Bonchev–Trinajstić information content (AvgIpc) is 3.13. The Morgan fingerprint density at radius 1 is 1.11 bits per heavy atom. The molecule has 140 valence electrons. The number of benzene rings is 1. The number of rotatable bonds is 4. The summed E-state index contributed by atoms with van der Waals surface area (Å²) in [7, 11) is 0. The minimum atomic E-state index is -0.327. The highest BCUT2D eigenvalue weighted by Crippen LogP contribution is 2.23. The first-order valence-electron chi connectivity index (χ1n) is 9.17. The van der Waals surface area contributed by atoms with E-state index < -0.39 is 0 Å². The molecular formula is C19H23N7O. The zero-order valence-electron chi connectivity index (χ0n) is 14.9. The van der Waals surface area contributed by atoms with Crippen LogP contribution >= 0.6 is 0 Å². The summed E-state index contributed by atoms with van der Waals surface area (Å²) in [5.74, 6) is 0.705. The van der Waals surface area contributed by atoms with E-state index in [-0.39, 0.29) is 6.03 Å². The van der Waals surface area contributed by atoms with Crippen molar-refractivity contribution in [2.24, 2.45) is 5.73 Å². The Hall–Kier alpha value is -3.13. The molecule has 8 nitrogen and oxygen atoms in total. The molecule has 1 aliphatic rings. The normalized spacial score (nSPS) is 19.6. The van der Waals surface area contributed by atoms with Gasteiger partial charge in [-0.05, 0) is 37.8 Å². The molecule has 2 heterocycles. The van der Waals surface area contributed by atoms with Gasteiger partial charge in [0.15, 0.2) is 5.65 Å². The van der Waals surface area contributed by atoms with Crippen LogP contribution in [0.5, 0.6) is 0 Å². The summed E-state index contributed by atoms with van der Waals surface area (Å²) in [6, 6.07) is 11.4. The number of fused-ring (bicyclic) bond motifs is 1. The van der Waals surface area contributed by atoms with Gasteiger partial charge >= 0.3 is 6.03 Å². The molecule has 1 saturated carbocycles. The van der Waals surface area contributed by atoms with Crippen LogP contribution in [0.3, 0.4) is 0 Å². The average molecular weight is 365 g/mol. The van der Waals surface area contributed by atoms with Crippen molar-refractivity contribution in [2.45, 2.75) is 37.8 Å². The van der Waals surface area contributed by atoms with Crippen molar-refractivity contribution in [3.8, 4) is 0 Å². The van der Waals surface area contributed by atoms with Gasteiger partial charge in [0.1, 0.15) is 5.82 Å². The molecule has 0 spiro atoms. The number of nitrogens with two attached hydrogens (primary N) is 1. The quantitative estimate of drug-likeness (QED) is 0.568. The third-order valence-electron chi connectivity index (χ3n) is 4.76. The second-order valence-electron chi connectivity index (χ2n) is 6.84. The Kier molecular flexibility index (Phi) is 4.88. The van der Waals surface area contributed by atoms with Gasteiger partial charge in [-0.2, -0.15) is 0 Å². The summed E-state index contributed by atoms with van der Waals surface area (Å²) in [5, 5.41) is 13.7. The SMILES string of the molecule is NC1CCC(Nc2cc(NC(=O)Nc3ccccc3)c3nccn3n2)CC1. The molecule has 0 radical (unpaired) electrons. The lowest BCUT2D eigenvalue weighted by atomic mass is 9.92. The maximum atomic E-state index is 12.4. The van der Waals surface area contributed by atoms with Crippen molar-refractivity contribution in [3.63, 3.8) is 0 Å². The molecule has 1 fully saturated rings. The molecule has 5 N–H and O–H groups in total. The molecule has 8 heteroatoms. The minimum absolute atomic E-state index is 0.297. The molecule has 2 amide bonds. The molecule has 1 aliphatic carbocycles. The lowest BCUT2D eigenvalue weighted by molar-refractivity contribution is 0.262. The molecule has 2 aromatic heterocycles. The first kappa shape index (κ1) is 17.3. The van der Waals surface area contributed by atoms with Crippen LogP contribution in [-0.2, 0) is 0 Å². The van der Waals surface area contributed by atoms with E-state index >= 15 is 0 Å².